The fourth-order valence-electron chi connectivity index (χ4n) is 2.71. The maximum absolute atomic E-state index is 12.2. The van der Waals surface area contributed by atoms with E-state index in [1.54, 1.807) is 43.3 Å². The fraction of sp³-hybridized carbons (Fsp3) is 0.0526. The predicted octanol–water partition coefficient (Wildman–Crippen LogP) is 1.73. The lowest BCUT2D eigenvalue weighted by Crippen LogP contribution is -2.27. The van der Waals surface area contributed by atoms with Gasteiger partial charge in [0, 0.05) is 15.6 Å². The first-order chi connectivity index (χ1) is 12.5. The molecule has 3 aromatic rings. The lowest BCUT2D eigenvalue weighted by atomic mass is 10.1. The van der Waals surface area contributed by atoms with Gasteiger partial charge in [0.1, 0.15) is 11.3 Å². The molecule has 0 aliphatic carbocycles. The summed E-state index contributed by atoms with van der Waals surface area (Å²) in [5, 5.41) is 6.56. The molecule has 128 valence electrons. The number of amides is 1. The molecular weight excluding hydrogens is 354 g/mol. The van der Waals surface area contributed by atoms with Crippen molar-refractivity contribution in [3.05, 3.63) is 80.1 Å². The molecule has 0 radical (unpaired) electrons. The molecule has 1 amide bonds. The number of hydrogen-bond acceptors (Lipinski definition) is 5. The highest BCUT2D eigenvalue weighted by molar-refractivity contribution is 6.30. The summed E-state index contributed by atoms with van der Waals surface area (Å²) in [5.74, 6) is -0.440. The first-order valence-electron chi connectivity index (χ1n) is 7.79. The second-order valence-corrected chi connectivity index (χ2v) is 6.18. The minimum atomic E-state index is -0.494. The van der Waals surface area contributed by atoms with Crippen LogP contribution in [0.2, 0.25) is 5.02 Å². The third-order valence-electron chi connectivity index (χ3n) is 4.03. The molecule has 0 unspecified atom stereocenters. The first kappa shape index (κ1) is 16.2. The van der Waals surface area contributed by atoms with E-state index in [1.807, 2.05) is 12.1 Å². The third kappa shape index (κ3) is 2.80. The highest BCUT2D eigenvalue weighted by Gasteiger charge is 2.16. The van der Waals surface area contributed by atoms with Crippen LogP contribution in [0.4, 0.5) is 0 Å². The standard InChI is InChI=1S/C19H12ClN3O3/c1-10(14-8-11-4-2-3-5-16(11)26-19(14)25)22-23-17-13-7-6-12(20)9-15(13)21-18(17)24/h2-9H,1H3,(H,21,23,24)/b22-10+. The maximum Gasteiger partial charge on any atom is 0.345 e. The Morgan fingerprint density at radius 3 is 2.81 bits per heavy atom. The summed E-state index contributed by atoms with van der Waals surface area (Å²) in [6, 6.07) is 13.9. The van der Waals surface area contributed by atoms with Gasteiger partial charge >= 0.3 is 5.63 Å². The van der Waals surface area contributed by atoms with Crippen LogP contribution in [0.1, 0.15) is 12.5 Å². The number of carbonyl (C=O) groups excluding carboxylic acids is 1. The topological polar surface area (TPSA) is 84.0 Å². The number of rotatable bonds is 3. The molecule has 2 aromatic carbocycles. The molecule has 2 heterocycles. The molecule has 0 saturated heterocycles. The number of nitrogens with one attached hydrogen (secondary N) is 1. The summed E-state index contributed by atoms with van der Waals surface area (Å²) in [6.45, 7) is 1.66. The van der Waals surface area contributed by atoms with E-state index < -0.39 is 11.5 Å². The Balaban J connectivity index is 1.74. The van der Waals surface area contributed by atoms with Crippen molar-refractivity contribution in [1.82, 2.24) is 5.43 Å². The number of carbonyl (C=O) groups is 1. The molecular formula is C19H12ClN3O3. The Morgan fingerprint density at radius 2 is 1.96 bits per heavy atom. The van der Waals surface area contributed by atoms with Crippen LogP contribution >= 0.6 is 11.6 Å². The molecule has 7 heteroatoms. The Bertz CT molecular complexity index is 1280. The van der Waals surface area contributed by atoms with E-state index >= 15 is 0 Å². The zero-order valence-corrected chi connectivity index (χ0v) is 14.4. The van der Waals surface area contributed by atoms with E-state index in [9.17, 15) is 9.59 Å². The van der Waals surface area contributed by atoms with E-state index in [1.165, 1.54) is 0 Å². The Hall–Kier alpha value is -3.25. The van der Waals surface area contributed by atoms with Gasteiger partial charge in [0.25, 0.3) is 5.91 Å². The third-order valence-corrected chi connectivity index (χ3v) is 4.27. The van der Waals surface area contributed by atoms with Crippen LogP contribution in [0.25, 0.3) is 16.7 Å². The van der Waals surface area contributed by atoms with Crippen LogP contribution in [0, 0.1) is 0 Å². The van der Waals surface area contributed by atoms with Crippen LogP contribution in [0.15, 0.2) is 67.8 Å². The zero-order chi connectivity index (χ0) is 18.3. The van der Waals surface area contributed by atoms with E-state index in [-0.39, 0.29) is 5.70 Å². The summed E-state index contributed by atoms with van der Waals surface area (Å²) in [7, 11) is 0. The maximum atomic E-state index is 12.2. The molecule has 26 heavy (non-hydrogen) atoms. The normalized spacial score (nSPS) is 13.7. The Kier molecular flexibility index (Phi) is 3.89. The van der Waals surface area contributed by atoms with E-state index in [0.29, 0.717) is 32.5 Å². The molecule has 1 N–H and O–H groups in total. The SMILES string of the molecule is C/C(=N\NC1=c2ccc(Cl)cc2=NC1=O)c1cc2ccccc2oc1=O. The van der Waals surface area contributed by atoms with Crippen molar-refractivity contribution in [3.8, 4) is 0 Å². The van der Waals surface area contributed by atoms with Gasteiger partial charge in [-0.05, 0) is 37.3 Å². The van der Waals surface area contributed by atoms with Crippen molar-refractivity contribution in [3.63, 3.8) is 0 Å². The van der Waals surface area contributed by atoms with Gasteiger partial charge in [-0.25, -0.2) is 9.79 Å². The molecule has 0 atom stereocenters. The van der Waals surface area contributed by atoms with Crippen molar-refractivity contribution < 1.29 is 9.21 Å². The first-order valence-corrected chi connectivity index (χ1v) is 8.17. The molecule has 0 bridgehead atoms. The van der Waals surface area contributed by atoms with Crippen LogP contribution in [-0.2, 0) is 4.79 Å². The molecule has 4 rings (SSSR count). The van der Waals surface area contributed by atoms with Crippen molar-refractivity contribution in [2.75, 3.05) is 0 Å². The van der Waals surface area contributed by atoms with E-state index in [2.05, 4.69) is 15.5 Å². The molecule has 1 aliphatic heterocycles. The quantitative estimate of drug-likeness (QED) is 0.435. The summed E-state index contributed by atoms with van der Waals surface area (Å²) < 4.78 is 5.31. The number of para-hydroxylation sites is 1. The number of hydrogen-bond donors (Lipinski definition) is 1. The second-order valence-electron chi connectivity index (χ2n) is 5.75. The molecule has 0 fully saturated rings. The highest BCUT2D eigenvalue weighted by atomic mass is 35.5. The van der Waals surface area contributed by atoms with Crippen LogP contribution in [0.5, 0.6) is 0 Å². The van der Waals surface area contributed by atoms with Gasteiger partial charge in [0.2, 0.25) is 0 Å². The fourth-order valence-corrected chi connectivity index (χ4v) is 2.88. The largest absolute Gasteiger partial charge is 0.422 e. The smallest absolute Gasteiger partial charge is 0.345 e. The van der Waals surface area contributed by atoms with Crippen LogP contribution < -0.4 is 21.6 Å². The van der Waals surface area contributed by atoms with Crippen molar-refractivity contribution in [1.29, 1.82) is 0 Å². The minimum Gasteiger partial charge on any atom is -0.422 e. The number of benzene rings is 2. The number of hydrazone groups is 1. The highest BCUT2D eigenvalue weighted by Crippen LogP contribution is 2.13. The molecule has 6 nitrogen and oxygen atoms in total. The zero-order valence-electron chi connectivity index (χ0n) is 13.6. The van der Waals surface area contributed by atoms with Gasteiger partial charge in [-0.2, -0.15) is 5.10 Å². The summed E-state index contributed by atoms with van der Waals surface area (Å²) in [4.78, 5) is 28.2. The van der Waals surface area contributed by atoms with Crippen molar-refractivity contribution >= 4 is 39.9 Å². The van der Waals surface area contributed by atoms with E-state index in [4.69, 9.17) is 16.0 Å². The van der Waals surface area contributed by atoms with Gasteiger partial charge in [-0.1, -0.05) is 29.8 Å². The van der Waals surface area contributed by atoms with Crippen LogP contribution in [0.3, 0.4) is 0 Å². The number of fused-ring (bicyclic) bond motifs is 2. The van der Waals surface area contributed by atoms with Crippen molar-refractivity contribution in [2.24, 2.45) is 10.1 Å². The Labute approximate surface area is 152 Å². The lowest BCUT2D eigenvalue weighted by molar-refractivity contribution is -0.113. The summed E-state index contributed by atoms with van der Waals surface area (Å²) in [5.41, 5.74) is 3.68. The van der Waals surface area contributed by atoms with Crippen LogP contribution in [-0.4, -0.2) is 11.6 Å². The average molecular weight is 366 g/mol. The van der Waals surface area contributed by atoms with Gasteiger partial charge in [0.15, 0.2) is 0 Å². The molecule has 1 aromatic heterocycles. The van der Waals surface area contributed by atoms with E-state index in [0.717, 1.165) is 5.39 Å². The van der Waals surface area contributed by atoms with Gasteiger partial charge < -0.3 is 4.42 Å². The van der Waals surface area contributed by atoms with Gasteiger partial charge in [-0.15, -0.1) is 0 Å². The summed E-state index contributed by atoms with van der Waals surface area (Å²) in [6.07, 6.45) is 0. The molecule has 0 saturated carbocycles. The minimum absolute atomic E-state index is 0.237. The molecule has 1 aliphatic rings. The number of nitrogens with zero attached hydrogens (tertiary/aromatic N) is 2. The monoisotopic (exact) mass is 365 g/mol. The summed E-state index contributed by atoms with van der Waals surface area (Å²) >= 11 is 5.92. The second kappa shape index (κ2) is 6.24. The Morgan fingerprint density at radius 1 is 1.15 bits per heavy atom. The van der Waals surface area contributed by atoms with Crippen molar-refractivity contribution in [2.45, 2.75) is 6.92 Å². The lowest BCUT2D eigenvalue weighted by Gasteiger charge is -2.04. The average Bonchev–Trinajstić information content (AvgIpc) is 2.93. The number of halogens is 1. The van der Waals surface area contributed by atoms with Gasteiger partial charge in [0.05, 0.1) is 16.6 Å². The predicted molar refractivity (Wildman–Crippen MR) is 98.5 cm³/mol. The van der Waals surface area contributed by atoms with Gasteiger partial charge in [-0.3, -0.25) is 10.2 Å². The molecule has 0 spiro atoms.